The van der Waals surface area contributed by atoms with E-state index in [-0.39, 0.29) is 11.9 Å². The minimum Gasteiger partial charge on any atom is -0.382 e. The van der Waals surface area contributed by atoms with Gasteiger partial charge in [0.05, 0.1) is 0 Å². The first-order valence-corrected chi connectivity index (χ1v) is 8.09. The number of hydrogen-bond donors (Lipinski definition) is 2. The van der Waals surface area contributed by atoms with Crippen LogP contribution in [-0.2, 0) is 0 Å². The van der Waals surface area contributed by atoms with Crippen LogP contribution in [0.1, 0.15) is 56.1 Å². The zero-order chi connectivity index (χ0) is 15.1. The van der Waals surface area contributed by atoms with E-state index in [1.165, 1.54) is 24.2 Å². The Balaban J connectivity index is 2.61. The van der Waals surface area contributed by atoms with E-state index in [2.05, 4.69) is 17.2 Å². The molecule has 0 aliphatic heterocycles. The standard InChI is InChI=1S/C14H26N4OS/c1-5-7-8-9-10(3)16-13(19)11-12(15)17-14(20-11)18(4)6-2/h10H,5-9,15H2,1-4H3,(H,16,19). The van der Waals surface area contributed by atoms with E-state index in [0.29, 0.717) is 10.7 Å². The topological polar surface area (TPSA) is 71.2 Å². The molecule has 1 heterocycles. The Bertz CT molecular complexity index is 433. The summed E-state index contributed by atoms with van der Waals surface area (Å²) in [4.78, 5) is 18.9. The van der Waals surface area contributed by atoms with E-state index >= 15 is 0 Å². The second-order valence-corrected chi connectivity index (χ2v) is 6.07. The molecule has 0 saturated carbocycles. The highest BCUT2D eigenvalue weighted by Gasteiger charge is 2.18. The molecule has 1 aromatic heterocycles. The number of thiazole rings is 1. The van der Waals surface area contributed by atoms with Gasteiger partial charge in [0.1, 0.15) is 10.7 Å². The molecule has 0 aliphatic carbocycles. The molecular weight excluding hydrogens is 272 g/mol. The van der Waals surface area contributed by atoms with Crippen LogP contribution in [0.4, 0.5) is 10.9 Å². The molecule has 6 heteroatoms. The monoisotopic (exact) mass is 298 g/mol. The van der Waals surface area contributed by atoms with E-state index in [0.717, 1.165) is 24.5 Å². The molecule has 0 aromatic carbocycles. The predicted molar refractivity (Wildman–Crippen MR) is 86.5 cm³/mol. The van der Waals surface area contributed by atoms with Gasteiger partial charge in [-0.3, -0.25) is 4.79 Å². The fraction of sp³-hybridized carbons (Fsp3) is 0.714. The largest absolute Gasteiger partial charge is 0.382 e. The smallest absolute Gasteiger partial charge is 0.265 e. The molecule has 114 valence electrons. The Kier molecular flexibility index (Phi) is 6.78. The lowest BCUT2D eigenvalue weighted by Gasteiger charge is -2.13. The Labute approximate surface area is 125 Å². The van der Waals surface area contributed by atoms with Gasteiger partial charge in [-0.1, -0.05) is 37.5 Å². The Morgan fingerprint density at radius 1 is 1.45 bits per heavy atom. The molecule has 5 nitrogen and oxygen atoms in total. The average Bonchev–Trinajstić information content (AvgIpc) is 2.80. The lowest BCUT2D eigenvalue weighted by Crippen LogP contribution is -2.32. The van der Waals surface area contributed by atoms with Gasteiger partial charge < -0.3 is 16.0 Å². The highest BCUT2D eigenvalue weighted by atomic mass is 32.1. The molecule has 3 N–H and O–H groups in total. The molecule has 0 saturated heterocycles. The predicted octanol–water partition coefficient (Wildman–Crippen LogP) is 2.88. The molecule has 0 radical (unpaired) electrons. The number of nitrogens with one attached hydrogen (secondary N) is 1. The molecule has 1 rings (SSSR count). The van der Waals surface area contributed by atoms with Crippen molar-refractivity contribution in [1.29, 1.82) is 0 Å². The SMILES string of the molecule is CCCCCC(C)NC(=O)c1sc(N(C)CC)nc1N. The maximum Gasteiger partial charge on any atom is 0.265 e. The first kappa shape index (κ1) is 16.8. The summed E-state index contributed by atoms with van der Waals surface area (Å²) >= 11 is 1.35. The van der Waals surface area contributed by atoms with Crippen LogP contribution in [0.5, 0.6) is 0 Å². The third kappa shape index (κ3) is 4.67. The van der Waals surface area contributed by atoms with Crippen LogP contribution in [0.2, 0.25) is 0 Å². The molecule has 0 aliphatic rings. The number of carbonyl (C=O) groups excluding carboxylic acids is 1. The third-order valence-electron chi connectivity index (χ3n) is 3.27. The lowest BCUT2D eigenvalue weighted by atomic mass is 10.1. The van der Waals surface area contributed by atoms with Crippen molar-refractivity contribution in [2.75, 3.05) is 24.2 Å². The molecular formula is C14H26N4OS. The lowest BCUT2D eigenvalue weighted by molar-refractivity contribution is 0.0942. The summed E-state index contributed by atoms with van der Waals surface area (Å²) in [6.07, 6.45) is 4.53. The van der Waals surface area contributed by atoms with Gasteiger partial charge in [0.25, 0.3) is 5.91 Å². The van der Waals surface area contributed by atoms with Crippen LogP contribution < -0.4 is 16.0 Å². The van der Waals surface area contributed by atoms with Crippen molar-refractivity contribution in [2.24, 2.45) is 0 Å². The molecule has 1 atom stereocenters. The summed E-state index contributed by atoms with van der Waals surface area (Å²) in [7, 11) is 1.94. The number of nitrogens with zero attached hydrogens (tertiary/aromatic N) is 2. The fourth-order valence-corrected chi connectivity index (χ4v) is 2.76. The molecule has 20 heavy (non-hydrogen) atoms. The maximum atomic E-state index is 12.2. The van der Waals surface area contributed by atoms with Gasteiger partial charge in [-0.05, 0) is 20.3 Å². The third-order valence-corrected chi connectivity index (χ3v) is 4.45. The normalized spacial score (nSPS) is 12.2. The van der Waals surface area contributed by atoms with E-state index in [1.54, 1.807) is 0 Å². The van der Waals surface area contributed by atoms with Crippen LogP contribution in [0, 0.1) is 0 Å². The van der Waals surface area contributed by atoms with Gasteiger partial charge in [0.15, 0.2) is 5.13 Å². The number of amides is 1. The van der Waals surface area contributed by atoms with Crippen LogP contribution in [-0.4, -0.2) is 30.5 Å². The number of nitrogens with two attached hydrogens (primary N) is 1. The van der Waals surface area contributed by atoms with Gasteiger partial charge in [0.2, 0.25) is 0 Å². The molecule has 1 unspecified atom stereocenters. The zero-order valence-electron chi connectivity index (χ0n) is 12.9. The summed E-state index contributed by atoms with van der Waals surface area (Å²) in [6.45, 7) is 7.07. The van der Waals surface area contributed by atoms with Crippen molar-refractivity contribution < 1.29 is 4.79 Å². The highest BCUT2D eigenvalue weighted by Crippen LogP contribution is 2.27. The maximum absolute atomic E-state index is 12.2. The summed E-state index contributed by atoms with van der Waals surface area (Å²) in [5.41, 5.74) is 5.84. The van der Waals surface area contributed by atoms with Crippen LogP contribution in [0.15, 0.2) is 0 Å². The molecule has 1 aromatic rings. The second kappa shape index (κ2) is 8.09. The van der Waals surface area contributed by atoms with Crippen molar-refractivity contribution >= 4 is 28.2 Å². The average molecular weight is 298 g/mol. The van der Waals surface area contributed by atoms with Crippen molar-refractivity contribution in [3.63, 3.8) is 0 Å². The molecule has 0 fully saturated rings. The number of aromatic nitrogens is 1. The van der Waals surface area contributed by atoms with E-state index in [1.807, 2.05) is 25.8 Å². The highest BCUT2D eigenvalue weighted by molar-refractivity contribution is 7.18. The van der Waals surface area contributed by atoms with Gasteiger partial charge >= 0.3 is 0 Å². The summed E-state index contributed by atoms with van der Waals surface area (Å²) in [6, 6.07) is 0.169. The van der Waals surface area contributed by atoms with Gasteiger partial charge in [-0.25, -0.2) is 4.98 Å². The Morgan fingerprint density at radius 2 is 2.15 bits per heavy atom. The van der Waals surface area contributed by atoms with Crippen molar-refractivity contribution in [1.82, 2.24) is 10.3 Å². The number of nitrogen functional groups attached to an aromatic ring is 1. The van der Waals surface area contributed by atoms with Gasteiger partial charge in [0, 0.05) is 19.6 Å². The minimum absolute atomic E-state index is 0.111. The summed E-state index contributed by atoms with van der Waals surface area (Å²) in [5.74, 6) is 0.211. The van der Waals surface area contributed by atoms with Gasteiger partial charge in [-0.2, -0.15) is 0 Å². The van der Waals surface area contributed by atoms with Crippen molar-refractivity contribution in [3.05, 3.63) is 4.88 Å². The van der Waals surface area contributed by atoms with Crippen LogP contribution >= 0.6 is 11.3 Å². The summed E-state index contributed by atoms with van der Waals surface area (Å²) < 4.78 is 0. The molecule has 1 amide bonds. The van der Waals surface area contributed by atoms with E-state index < -0.39 is 0 Å². The van der Waals surface area contributed by atoms with Crippen LogP contribution in [0.25, 0.3) is 0 Å². The summed E-state index contributed by atoms with van der Waals surface area (Å²) in [5, 5.41) is 3.79. The van der Waals surface area contributed by atoms with Crippen molar-refractivity contribution in [3.8, 4) is 0 Å². The Hall–Kier alpha value is -1.30. The Morgan fingerprint density at radius 3 is 2.75 bits per heavy atom. The zero-order valence-corrected chi connectivity index (χ0v) is 13.7. The minimum atomic E-state index is -0.111. The number of hydrogen-bond acceptors (Lipinski definition) is 5. The molecule has 0 spiro atoms. The number of unbranched alkanes of at least 4 members (excludes halogenated alkanes) is 2. The number of rotatable bonds is 8. The van der Waals surface area contributed by atoms with Gasteiger partial charge in [-0.15, -0.1) is 0 Å². The van der Waals surface area contributed by atoms with E-state index in [9.17, 15) is 4.79 Å². The number of anilines is 2. The fourth-order valence-electron chi connectivity index (χ4n) is 1.84. The van der Waals surface area contributed by atoms with Crippen molar-refractivity contribution in [2.45, 2.75) is 52.5 Å². The second-order valence-electron chi connectivity index (χ2n) is 5.10. The molecule has 0 bridgehead atoms. The quantitative estimate of drug-likeness (QED) is 0.724. The first-order valence-electron chi connectivity index (χ1n) is 7.27. The first-order chi connectivity index (χ1) is 9.49. The number of carbonyl (C=O) groups is 1. The van der Waals surface area contributed by atoms with E-state index in [4.69, 9.17) is 5.73 Å². The van der Waals surface area contributed by atoms with Crippen LogP contribution in [0.3, 0.4) is 0 Å².